The third-order valence-electron chi connectivity index (χ3n) is 6.42. The Morgan fingerprint density at radius 1 is 0.946 bits per heavy atom. The largest absolute Gasteiger partial charge is 0.310 e. The van der Waals surface area contributed by atoms with Crippen LogP contribution in [0.25, 0.3) is 17.2 Å². The number of unbranched alkanes of at least 4 members (excludes halogenated alkanes) is 2. The molecule has 0 atom stereocenters. The van der Waals surface area contributed by atoms with E-state index in [1.165, 1.54) is 0 Å². The number of nitrogens with one attached hydrogen (secondary N) is 1. The summed E-state index contributed by atoms with van der Waals surface area (Å²) in [6.45, 7) is 10.8. The van der Waals surface area contributed by atoms with Gasteiger partial charge in [-0.15, -0.1) is 15.3 Å². The van der Waals surface area contributed by atoms with Crippen LogP contribution in [0.4, 0.5) is 8.78 Å². The molecule has 3 heterocycles. The van der Waals surface area contributed by atoms with Crippen molar-refractivity contribution in [1.82, 2.24) is 40.0 Å². The Morgan fingerprint density at radius 2 is 1.68 bits per heavy atom. The monoisotopic (exact) mass is 510 g/mol. The van der Waals surface area contributed by atoms with Crippen LogP contribution in [0.15, 0.2) is 36.4 Å². The molecule has 10 heteroatoms. The Kier molecular flexibility index (Phi) is 7.85. The van der Waals surface area contributed by atoms with E-state index >= 15 is 0 Å². The first-order valence-electron chi connectivity index (χ1n) is 13.0. The molecule has 0 aliphatic carbocycles. The smallest absolute Gasteiger partial charge is 0.308 e. The van der Waals surface area contributed by atoms with Crippen molar-refractivity contribution in [1.29, 1.82) is 0 Å². The van der Waals surface area contributed by atoms with E-state index in [0.29, 0.717) is 37.5 Å². The lowest BCUT2D eigenvalue weighted by Gasteiger charge is -2.23. The molecule has 0 bridgehead atoms. The molecule has 37 heavy (non-hydrogen) atoms. The van der Waals surface area contributed by atoms with E-state index in [-0.39, 0.29) is 17.7 Å². The minimum atomic E-state index is -3.02. The third kappa shape index (κ3) is 5.94. The quantitative estimate of drug-likeness (QED) is 0.259. The van der Waals surface area contributed by atoms with Gasteiger partial charge in [0.1, 0.15) is 5.82 Å². The summed E-state index contributed by atoms with van der Waals surface area (Å²) in [7, 11) is 0. The number of benzene rings is 1. The van der Waals surface area contributed by atoms with Gasteiger partial charge in [-0.3, -0.25) is 0 Å². The molecule has 0 aliphatic heterocycles. The molecule has 0 spiro atoms. The number of rotatable bonds is 11. The van der Waals surface area contributed by atoms with E-state index in [1.807, 2.05) is 37.3 Å². The van der Waals surface area contributed by atoms with Crippen molar-refractivity contribution in [2.75, 3.05) is 0 Å². The molecule has 4 rings (SSSR count). The van der Waals surface area contributed by atoms with Crippen LogP contribution in [0.3, 0.4) is 0 Å². The highest BCUT2D eigenvalue weighted by atomic mass is 19.3. The number of aromatic nitrogens is 8. The number of tetrazole rings is 1. The van der Waals surface area contributed by atoms with Gasteiger partial charge in [-0.1, -0.05) is 59.6 Å². The van der Waals surface area contributed by atoms with Crippen molar-refractivity contribution in [2.24, 2.45) is 0 Å². The molecule has 0 amide bonds. The molecule has 0 radical (unpaired) electrons. The first-order chi connectivity index (χ1) is 17.6. The Labute approximate surface area is 216 Å². The van der Waals surface area contributed by atoms with Gasteiger partial charge in [-0.25, -0.2) is 9.67 Å². The average Bonchev–Trinajstić information content (AvgIpc) is 3.61. The summed E-state index contributed by atoms with van der Waals surface area (Å²) in [5, 5.41) is 18.8. The lowest BCUT2D eigenvalue weighted by molar-refractivity contribution is -0.0245. The zero-order chi connectivity index (χ0) is 26.6. The van der Waals surface area contributed by atoms with Crippen LogP contribution < -0.4 is 0 Å². The van der Waals surface area contributed by atoms with E-state index in [4.69, 9.17) is 0 Å². The Balaban J connectivity index is 1.64. The summed E-state index contributed by atoms with van der Waals surface area (Å²) >= 11 is 0. The van der Waals surface area contributed by atoms with E-state index in [1.54, 1.807) is 4.68 Å². The summed E-state index contributed by atoms with van der Waals surface area (Å²) in [5.41, 5.74) is 3.74. The molecular weight excluding hydrogens is 474 g/mol. The second kappa shape index (κ2) is 10.9. The molecule has 0 saturated heterocycles. The van der Waals surface area contributed by atoms with E-state index in [0.717, 1.165) is 35.5 Å². The maximum Gasteiger partial charge on any atom is 0.308 e. The highest BCUT2D eigenvalue weighted by Crippen LogP contribution is 2.33. The number of hydrogen-bond donors (Lipinski definition) is 1. The summed E-state index contributed by atoms with van der Waals surface area (Å²) in [4.78, 5) is 4.28. The number of alkyl halides is 2. The number of nitrogens with zero attached hydrogens (tertiary/aromatic N) is 7. The Hall–Kier alpha value is -3.43. The normalized spacial score (nSPS) is 12.4. The Morgan fingerprint density at radius 3 is 2.30 bits per heavy atom. The van der Waals surface area contributed by atoms with Gasteiger partial charge in [-0.05, 0) is 47.9 Å². The van der Waals surface area contributed by atoms with Crippen LogP contribution in [-0.2, 0) is 24.3 Å². The first-order valence-corrected chi connectivity index (χ1v) is 13.0. The van der Waals surface area contributed by atoms with Crippen LogP contribution in [0.1, 0.15) is 89.6 Å². The van der Waals surface area contributed by atoms with Crippen LogP contribution in [0, 0.1) is 0 Å². The summed E-state index contributed by atoms with van der Waals surface area (Å²) < 4.78 is 33.2. The number of H-pyrrole nitrogens is 1. The molecule has 0 fully saturated rings. The first kappa shape index (κ1) is 26.6. The fraction of sp³-hybridized carbons (Fsp3) is 0.519. The van der Waals surface area contributed by atoms with Gasteiger partial charge in [0.15, 0.2) is 0 Å². The van der Waals surface area contributed by atoms with E-state index < -0.39 is 5.92 Å². The van der Waals surface area contributed by atoms with Gasteiger partial charge in [0.2, 0.25) is 11.6 Å². The minimum Gasteiger partial charge on any atom is -0.310 e. The molecule has 0 aliphatic rings. The molecule has 198 valence electrons. The predicted octanol–water partition coefficient (Wildman–Crippen LogP) is 6.22. The van der Waals surface area contributed by atoms with Crippen LogP contribution >= 0.6 is 0 Å². The van der Waals surface area contributed by atoms with Gasteiger partial charge in [0.25, 0.3) is 0 Å². The number of aryl methyl sites for hydroxylation is 1. The maximum atomic E-state index is 14.7. The van der Waals surface area contributed by atoms with Gasteiger partial charge < -0.3 is 4.57 Å². The molecule has 0 saturated carbocycles. The maximum absolute atomic E-state index is 14.7. The fourth-order valence-corrected chi connectivity index (χ4v) is 4.35. The molecule has 8 nitrogen and oxygen atoms in total. The molecule has 4 aromatic rings. The second-order valence-corrected chi connectivity index (χ2v) is 10.5. The average molecular weight is 511 g/mol. The zero-order valence-corrected chi connectivity index (χ0v) is 22.3. The van der Waals surface area contributed by atoms with Crippen molar-refractivity contribution in [2.45, 2.75) is 91.0 Å². The zero-order valence-electron chi connectivity index (χ0n) is 22.3. The van der Waals surface area contributed by atoms with Crippen LogP contribution in [0.5, 0.6) is 0 Å². The number of hydrogen-bond acceptors (Lipinski definition) is 5. The molecule has 1 aromatic carbocycles. The number of aromatic amines is 1. The van der Waals surface area contributed by atoms with Gasteiger partial charge >= 0.3 is 5.92 Å². The summed E-state index contributed by atoms with van der Waals surface area (Å²) in [6.07, 6.45) is 3.37. The standard InChI is InChI=1S/C27H36F2N8/c1-6-8-10-23-30-25(27(28,29)17-9-7-2)33-36(23)18-19-11-13-20(14-12-19)37-21(24-31-34-35-32-24)15-16-22(37)26(3,4)5/h11-16H,6-10,17-18H2,1-5H3,(H,31,32,34,35). The van der Waals surface area contributed by atoms with Crippen LogP contribution in [0.2, 0.25) is 0 Å². The van der Waals surface area contributed by atoms with Gasteiger partial charge in [-0.2, -0.15) is 14.0 Å². The van der Waals surface area contributed by atoms with Crippen molar-refractivity contribution >= 4 is 0 Å². The van der Waals surface area contributed by atoms with Crippen LogP contribution in [-0.4, -0.2) is 40.0 Å². The summed E-state index contributed by atoms with van der Waals surface area (Å²) in [6, 6.07) is 12.1. The molecule has 0 unspecified atom stereocenters. The van der Waals surface area contributed by atoms with Gasteiger partial charge in [0, 0.05) is 29.6 Å². The fourth-order valence-electron chi connectivity index (χ4n) is 4.35. The minimum absolute atomic E-state index is 0.116. The van der Waals surface area contributed by atoms with Crippen molar-refractivity contribution < 1.29 is 8.78 Å². The third-order valence-corrected chi connectivity index (χ3v) is 6.42. The number of halogens is 2. The predicted molar refractivity (Wildman–Crippen MR) is 139 cm³/mol. The lowest BCUT2D eigenvalue weighted by atomic mass is 9.92. The highest BCUT2D eigenvalue weighted by Gasteiger charge is 2.36. The molecule has 3 aromatic heterocycles. The highest BCUT2D eigenvalue weighted by molar-refractivity contribution is 5.57. The molecular formula is C27H36F2N8. The Bertz CT molecular complexity index is 1280. The van der Waals surface area contributed by atoms with Crippen molar-refractivity contribution in [3.05, 3.63) is 59.3 Å². The second-order valence-electron chi connectivity index (χ2n) is 10.5. The van der Waals surface area contributed by atoms with Crippen molar-refractivity contribution in [3.63, 3.8) is 0 Å². The topological polar surface area (TPSA) is 90.1 Å². The van der Waals surface area contributed by atoms with E-state index in [9.17, 15) is 8.78 Å². The van der Waals surface area contributed by atoms with E-state index in [2.05, 4.69) is 69.0 Å². The summed E-state index contributed by atoms with van der Waals surface area (Å²) in [5.74, 6) is -2.26. The molecule has 1 N–H and O–H groups in total. The van der Waals surface area contributed by atoms with Gasteiger partial charge in [0.05, 0.1) is 12.2 Å². The SMILES string of the molecule is CCCCc1nc(C(F)(F)CCCC)nn1Cc1ccc(-n2c(-c3nn[nH]n3)ccc2C(C)(C)C)cc1. The lowest BCUT2D eigenvalue weighted by Crippen LogP contribution is -2.17. The van der Waals surface area contributed by atoms with Crippen molar-refractivity contribution in [3.8, 4) is 17.2 Å².